The Hall–Kier alpha value is -2.71. The number of hydrogen-bond acceptors (Lipinski definition) is 4. The number of carbonyl (C=O) groups excluding carboxylic acids is 1. The van der Waals surface area contributed by atoms with Crippen LogP contribution in [0.15, 0.2) is 53.7 Å². The monoisotopic (exact) mass is 358 g/mol. The van der Waals surface area contributed by atoms with Crippen molar-refractivity contribution in [3.8, 4) is 0 Å². The van der Waals surface area contributed by atoms with Gasteiger partial charge in [0.15, 0.2) is 0 Å². The molecule has 1 aromatic carbocycles. The second kappa shape index (κ2) is 6.66. The largest absolute Gasteiger partial charge is 0.350 e. The van der Waals surface area contributed by atoms with Gasteiger partial charge >= 0.3 is 0 Å². The highest BCUT2D eigenvalue weighted by Gasteiger charge is 2.11. The number of benzene rings is 1. The molecule has 2 aromatic heterocycles. The summed E-state index contributed by atoms with van der Waals surface area (Å²) in [6.45, 7) is 2.38. The van der Waals surface area contributed by atoms with E-state index in [1.165, 1.54) is 12.1 Å². The molecule has 0 atom stereocenters. The van der Waals surface area contributed by atoms with E-state index in [-0.39, 0.29) is 10.8 Å². The lowest BCUT2D eigenvalue weighted by atomic mass is 10.1. The average Bonchev–Trinajstić information content (AvgIpc) is 2.97. The maximum absolute atomic E-state index is 12.2. The Bertz CT molecular complexity index is 1020. The quantitative estimate of drug-likeness (QED) is 0.716. The summed E-state index contributed by atoms with van der Waals surface area (Å²) in [6.07, 6.45) is 4.12. The van der Waals surface area contributed by atoms with Crippen LogP contribution in [0.4, 0.5) is 0 Å². The van der Waals surface area contributed by atoms with E-state index in [4.69, 9.17) is 5.14 Å². The summed E-state index contributed by atoms with van der Waals surface area (Å²) in [4.78, 5) is 16.6. The summed E-state index contributed by atoms with van der Waals surface area (Å²) >= 11 is 0. The maximum atomic E-state index is 12.2. The van der Waals surface area contributed by atoms with Gasteiger partial charge in [-0.3, -0.25) is 4.79 Å². The van der Waals surface area contributed by atoms with E-state index in [1.54, 1.807) is 22.7 Å². The predicted octanol–water partition coefficient (Wildman–Crippen LogP) is 1.26. The van der Waals surface area contributed by atoms with Gasteiger partial charge in [-0.1, -0.05) is 12.1 Å². The van der Waals surface area contributed by atoms with Gasteiger partial charge in [0.25, 0.3) is 5.91 Å². The predicted molar refractivity (Wildman–Crippen MR) is 93.8 cm³/mol. The molecule has 0 saturated carbocycles. The van der Waals surface area contributed by atoms with E-state index >= 15 is 0 Å². The molecule has 0 radical (unpaired) electrons. The normalized spacial score (nSPS) is 11.6. The maximum Gasteiger partial charge on any atom is 0.271 e. The molecular formula is C17H18N4O3S. The number of nitrogens with one attached hydrogen (secondary N) is 1. The molecule has 2 heterocycles. The number of pyridine rings is 1. The summed E-state index contributed by atoms with van der Waals surface area (Å²) in [5.41, 5.74) is 3.06. The van der Waals surface area contributed by atoms with Crippen LogP contribution in [0.1, 0.15) is 21.6 Å². The number of fused-ring (bicyclic) bond motifs is 1. The topological polar surface area (TPSA) is 107 Å². The van der Waals surface area contributed by atoms with Crippen LogP contribution in [-0.2, 0) is 16.4 Å². The van der Waals surface area contributed by atoms with Crippen molar-refractivity contribution in [1.29, 1.82) is 0 Å². The van der Waals surface area contributed by atoms with Crippen molar-refractivity contribution in [1.82, 2.24) is 14.7 Å². The minimum atomic E-state index is -3.69. The van der Waals surface area contributed by atoms with E-state index in [2.05, 4.69) is 10.3 Å². The molecule has 0 fully saturated rings. The zero-order valence-electron chi connectivity index (χ0n) is 13.6. The summed E-state index contributed by atoms with van der Waals surface area (Å²) < 4.78 is 24.2. The van der Waals surface area contributed by atoms with Crippen molar-refractivity contribution in [2.75, 3.05) is 6.54 Å². The molecule has 3 N–H and O–H groups in total. The molecule has 0 saturated heterocycles. The molecule has 0 aliphatic rings. The first kappa shape index (κ1) is 17.1. The van der Waals surface area contributed by atoms with Crippen LogP contribution in [0.5, 0.6) is 0 Å². The summed E-state index contributed by atoms with van der Waals surface area (Å²) in [5, 5.41) is 7.87. The van der Waals surface area contributed by atoms with Crippen molar-refractivity contribution in [3.05, 3.63) is 65.6 Å². The Morgan fingerprint density at radius 2 is 1.96 bits per heavy atom. The van der Waals surface area contributed by atoms with Gasteiger partial charge in [-0.25, -0.2) is 18.5 Å². The van der Waals surface area contributed by atoms with Crippen molar-refractivity contribution in [2.45, 2.75) is 18.2 Å². The van der Waals surface area contributed by atoms with Crippen LogP contribution < -0.4 is 10.5 Å². The number of amides is 1. The molecule has 130 valence electrons. The third-order valence-electron chi connectivity index (χ3n) is 3.80. The van der Waals surface area contributed by atoms with Crippen molar-refractivity contribution in [3.63, 3.8) is 0 Å². The smallest absolute Gasteiger partial charge is 0.271 e. The lowest BCUT2D eigenvalue weighted by molar-refractivity contribution is 0.0949. The fourth-order valence-electron chi connectivity index (χ4n) is 2.45. The Kier molecular flexibility index (Phi) is 4.56. The molecule has 0 aliphatic carbocycles. The minimum Gasteiger partial charge on any atom is -0.350 e. The average molecular weight is 358 g/mol. The Balaban J connectivity index is 1.60. The molecule has 8 heteroatoms. The van der Waals surface area contributed by atoms with Gasteiger partial charge in [0.05, 0.1) is 4.90 Å². The SMILES string of the molecule is Cc1ccn2cc(C(=O)NCCc3ccc(S(N)(=O)=O)cc3)nc2c1. The molecule has 7 nitrogen and oxygen atoms in total. The summed E-state index contributed by atoms with van der Waals surface area (Å²) in [7, 11) is -3.69. The number of imidazole rings is 1. The Morgan fingerprint density at radius 1 is 1.24 bits per heavy atom. The van der Waals surface area contributed by atoms with Crippen LogP contribution >= 0.6 is 0 Å². The van der Waals surface area contributed by atoms with Gasteiger partial charge in [-0.15, -0.1) is 0 Å². The van der Waals surface area contributed by atoms with Gasteiger partial charge in [0.2, 0.25) is 10.0 Å². The molecule has 0 aliphatic heterocycles. The first-order chi connectivity index (χ1) is 11.8. The van der Waals surface area contributed by atoms with Crippen molar-refractivity contribution in [2.24, 2.45) is 5.14 Å². The number of carbonyl (C=O) groups is 1. The number of aryl methyl sites for hydroxylation is 1. The third kappa shape index (κ3) is 4.04. The highest BCUT2D eigenvalue weighted by atomic mass is 32.2. The fourth-order valence-corrected chi connectivity index (χ4v) is 2.97. The van der Waals surface area contributed by atoms with Gasteiger partial charge < -0.3 is 9.72 Å². The number of hydrogen-bond donors (Lipinski definition) is 2. The summed E-state index contributed by atoms with van der Waals surface area (Å²) in [5.74, 6) is -0.248. The molecule has 0 bridgehead atoms. The first-order valence-corrected chi connectivity index (χ1v) is 9.23. The first-order valence-electron chi connectivity index (χ1n) is 7.68. The highest BCUT2D eigenvalue weighted by molar-refractivity contribution is 7.89. The number of nitrogens with zero attached hydrogens (tertiary/aromatic N) is 2. The van der Waals surface area contributed by atoms with Crippen LogP contribution in [-0.4, -0.2) is 30.3 Å². The molecule has 3 rings (SSSR count). The van der Waals surface area contributed by atoms with E-state index in [0.29, 0.717) is 18.7 Å². The number of nitrogens with two attached hydrogens (primary N) is 1. The van der Waals surface area contributed by atoms with E-state index in [0.717, 1.165) is 16.8 Å². The molecule has 0 unspecified atom stereocenters. The Labute approximate surface area is 145 Å². The molecule has 3 aromatic rings. The number of aromatic nitrogens is 2. The van der Waals surface area contributed by atoms with E-state index in [1.807, 2.05) is 25.3 Å². The van der Waals surface area contributed by atoms with Crippen LogP contribution in [0.2, 0.25) is 0 Å². The lowest BCUT2D eigenvalue weighted by Gasteiger charge is -2.04. The highest BCUT2D eigenvalue weighted by Crippen LogP contribution is 2.10. The Morgan fingerprint density at radius 3 is 2.64 bits per heavy atom. The minimum absolute atomic E-state index is 0.0697. The molecule has 0 spiro atoms. The van der Waals surface area contributed by atoms with Crippen molar-refractivity contribution < 1.29 is 13.2 Å². The number of sulfonamides is 1. The number of rotatable bonds is 5. The van der Waals surface area contributed by atoms with Gasteiger partial charge in [-0.2, -0.15) is 0 Å². The van der Waals surface area contributed by atoms with Crippen LogP contribution in [0.3, 0.4) is 0 Å². The molecule has 1 amide bonds. The second-order valence-corrected chi connectivity index (χ2v) is 7.35. The molecule has 25 heavy (non-hydrogen) atoms. The van der Waals surface area contributed by atoms with Gasteiger partial charge in [-0.05, 0) is 48.7 Å². The van der Waals surface area contributed by atoms with Gasteiger partial charge in [0.1, 0.15) is 11.3 Å². The fraction of sp³-hybridized carbons (Fsp3) is 0.176. The zero-order chi connectivity index (χ0) is 18.0. The van der Waals surface area contributed by atoms with E-state index in [9.17, 15) is 13.2 Å². The van der Waals surface area contributed by atoms with E-state index < -0.39 is 10.0 Å². The van der Waals surface area contributed by atoms with Crippen LogP contribution in [0, 0.1) is 6.92 Å². The zero-order valence-corrected chi connectivity index (χ0v) is 14.5. The van der Waals surface area contributed by atoms with Gasteiger partial charge in [0, 0.05) is 18.9 Å². The molecular weight excluding hydrogens is 340 g/mol. The third-order valence-corrected chi connectivity index (χ3v) is 4.73. The van der Waals surface area contributed by atoms with Crippen LogP contribution in [0.25, 0.3) is 5.65 Å². The standard InChI is InChI=1S/C17H18N4O3S/c1-12-7-9-21-11-15(20-16(21)10-12)17(22)19-8-6-13-2-4-14(5-3-13)25(18,23)24/h2-5,7,9-11H,6,8H2,1H3,(H,19,22)(H2,18,23,24). The van der Waals surface area contributed by atoms with Crippen molar-refractivity contribution >= 4 is 21.6 Å². The summed E-state index contributed by atoms with van der Waals surface area (Å²) in [6, 6.07) is 10.1. The second-order valence-electron chi connectivity index (χ2n) is 5.79. The number of primary sulfonamides is 1. The lowest BCUT2D eigenvalue weighted by Crippen LogP contribution is -2.26.